The van der Waals surface area contributed by atoms with Crippen LogP contribution in [0.2, 0.25) is 5.15 Å². The van der Waals surface area contributed by atoms with Crippen molar-refractivity contribution in [2.75, 3.05) is 18.4 Å². The lowest BCUT2D eigenvalue weighted by molar-refractivity contribution is -0.122. The average molecular weight is 374 g/mol. The van der Waals surface area contributed by atoms with E-state index in [1.165, 1.54) is 11.8 Å². The Labute approximate surface area is 159 Å². The molecule has 1 amide bonds. The molecule has 1 aliphatic rings. The minimum atomic E-state index is -0.424. The third-order valence-electron chi connectivity index (χ3n) is 4.58. The van der Waals surface area contributed by atoms with E-state index in [9.17, 15) is 4.79 Å². The van der Waals surface area contributed by atoms with Crippen LogP contribution in [-0.2, 0) is 11.3 Å². The first kappa shape index (κ1) is 18.6. The largest absolute Gasteiger partial charge is 0.356 e. The molecule has 2 N–H and O–H groups in total. The van der Waals surface area contributed by atoms with E-state index in [0.717, 1.165) is 32.5 Å². The Balaban J connectivity index is 1.43. The van der Waals surface area contributed by atoms with Crippen molar-refractivity contribution in [2.45, 2.75) is 38.4 Å². The number of hydrogen-bond donors (Lipinski definition) is 2. The molecule has 1 aromatic carbocycles. The second-order valence-corrected chi connectivity index (χ2v) is 6.96. The Morgan fingerprint density at radius 1 is 1.23 bits per heavy atom. The van der Waals surface area contributed by atoms with Crippen LogP contribution in [-0.4, -0.2) is 45.9 Å². The Kier molecular flexibility index (Phi) is 6.41. The summed E-state index contributed by atoms with van der Waals surface area (Å²) >= 11 is 5.97. The van der Waals surface area contributed by atoms with Gasteiger partial charge in [-0.25, -0.2) is 9.97 Å². The van der Waals surface area contributed by atoms with Gasteiger partial charge in [-0.05, 0) is 25.3 Å². The number of halogens is 1. The number of benzene rings is 1. The van der Waals surface area contributed by atoms with Gasteiger partial charge in [-0.15, -0.1) is 0 Å². The van der Waals surface area contributed by atoms with E-state index in [4.69, 9.17) is 11.6 Å². The van der Waals surface area contributed by atoms with Gasteiger partial charge in [-0.1, -0.05) is 41.9 Å². The van der Waals surface area contributed by atoms with Crippen LogP contribution in [0, 0.1) is 0 Å². The standard InChI is InChI=1S/C19H24ClN5O/c1-14(23-18-17(20)21-9-10-22-18)19(26)24-16-7-11-25(12-8-16)13-15-5-3-2-4-6-15/h2-6,9-10,14,16H,7-8,11-13H2,1H3,(H,22,23)(H,24,26). The van der Waals surface area contributed by atoms with Gasteiger partial charge in [-0.2, -0.15) is 0 Å². The SMILES string of the molecule is CC(Nc1nccnc1Cl)C(=O)NC1CCN(Cc2ccccc2)CC1. The molecule has 26 heavy (non-hydrogen) atoms. The summed E-state index contributed by atoms with van der Waals surface area (Å²) in [4.78, 5) is 22.9. The van der Waals surface area contributed by atoms with Crippen molar-refractivity contribution in [3.8, 4) is 0 Å². The van der Waals surface area contributed by atoms with Crippen molar-refractivity contribution >= 4 is 23.3 Å². The van der Waals surface area contributed by atoms with Gasteiger partial charge in [0.2, 0.25) is 5.91 Å². The molecule has 7 heteroatoms. The van der Waals surface area contributed by atoms with Gasteiger partial charge >= 0.3 is 0 Å². The monoisotopic (exact) mass is 373 g/mol. The molecule has 2 heterocycles. The summed E-state index contributed by atoms with van der Waals surface area (Å²) in [6.07, 6.45) is 4.97. The van der Waals surface area contributed by atoms with E-state index >= 15 is 0 Å². The highest BCUT2D eigenvalue weighted by atomic mass is 35.5. The molecule has 0 spiro atoms. The topological polar surface area (TPSA) is 70.1 Å². The number of likely N-dealkylation sites (tertiary alicyclic amines) is 1. The van der Waals surface area contributed by atoms with Crippen LogP contribution in [0.3, 0.4) is 0 Å². The fraction of sp³-hybridized carbons (Fsp3) is 0.421. The smallest absolute Gasteiger partial charge is 0.242 e. The quantitative estimate of drug-likeness (QED) is 0.814. The van der Waals surface area contributed by atoms with Crippen LogP contribution >= 0.6 is 11.6 Å². The molecule has 0 radical (unpaired) electrons. The summed E-state index contributed by atoms with van der Waals surface area (Å²) in [5.41, 5.74) is 1.33. The molecular formula is C19H24ClN5O. The molecule has 1 aliphatic heterocycles. The summed E-state index contributed by atoms with van der Waals surface area (Å²) < 4.78 is 0. The number of anilines is 1. The number of nitrogens with one attached hydrogen (secondary N) is 2. The van der Waals surface area contributed by atoms with Gasteiger partial charge in [0.05, 0.1) is 0 Å². The molecule has 0 saturated carbocycles. The highest BCUT2D eigenvalue weighted by Crippen LogP contribution is 2.16. The van der Waals surface area contributed by atoms with E-state index in [0.29, 0.717) is 5.82 Å². The minimum absolute atomic E-state index is 0.0479. The van der Waals surface area contributed by atoms with E-state index in [1.807, 2.05) is 6.07 Å². The highest BCUT2D eigenvalue weighted by molar-refractivity contribution is 6.31. The highest BCUT2D eigenvalue weighted by Gasteiger charge is 2.23. The van der Waals surface area contributed by atoms with Crippen LogP contribution in [0.4, 0.5) is 5.82 Å². The predicted octanol–water partition coefficient (Wildman–Crippen LogP) is 2.71. The predicted molar refractivity (Wildman–Crippen MR) is 103 cm³/mol. The molecule has 3 rings (SSSR count). The van der Waals surface area contributed by atoms with Crippen LogP contribution in [0.1, 0.15) is 25.3 Å². The van der Waals surface area contributed by atoms with Gasteiger partial charge in [0, 0.05) is 38.1 Å². The molecule has 0 bridgehead atoms. The minimum Gasteiger partial charge on any atom is -0.356 e. The maximum Gasteiger partial charge on any atom is 0.242 e. The number of rotatable bonds is 6. The normalized spacial score (nSPS) is 16.8. The number of piperidine rings is 1. The molecule has 2 aromatic rings. The van der Waals surface area contributed by atoms with Gasteiger partial charge in [0.25, 0.3) is 0 Å². The third-order valence-corrected chi connectivity index (χ3v) is 4.86. The summed E-state index contributed by atoms with van der Waals surface area (Å²) in [5, 5.41) is 6.40. The lowest BCUT2D eigenvalue weighted by Gasteiger charge is -2.33. The van der Waals surface area contributed by atoms with E-state index in [-0.39, 0.29) is 17.1 Å². The van der Waals surface area contributed by atoms with Crippen LogP contribution in [0.25, 0.3) is 0 Å². The number of aromatic nitrogens is 2. The first-order valence-electron chi connectivity index (χ1n) is 8.91. The lowest BCUT2D eigenvalue weighted by Crippen LogP contribution is -2.48. The maximum absolute atomic E-state index is 12.4. The number of nitrogens with zero attached hydrogens (tertiary/aromatic N) is 3. The summed E-state index contributed by atoms with van der Waals surface area (Å²) in [6, 6.07) is 10.3. The van der Waals surface area contributed by atoms with Crippen molar-refractivity contribution in [1.29, 1.82) is 0 Å². The van der Waals surface area contributed by atoms with Crippen LogP contribution < -0.4 is 10.6 Å². The van der Waals surface area contributed by atoms with Gasteiger partial charge < -0.3 is 10.6 Å². The van der Waals surface area contributed by atoms with Crippen molar-refractivity contribution in [3.63, 3.8) is 0 Å². The summed E-state index contributed by atoms with van der Waals surface area (Å²) in [6.45, 7) is 4.73. The zero-order valence-corrected chi connectivity index (χ0v) is 15.6. The Morgan fingerprint density at radius 3 is 2.62 bits per heavy atom. The van der Waals surface area contributed by atoms with Crippen molar-refractivity contribution < 1.29 is 4.79 Å². The Bertz CT molecular complexity index is 719. The molecule has 1 unspecified atom stereocenters. The fourth-order valence-corrected chi connectivity index (χ4v) is 3.25. The zero-order valence-electron chi connectivity index (χ0n) is 14.9. The first-order valence-corrected chi connectivity index (χ1v) is 9.29. The number of amides is 1. The second-order valence-electron chi connectivity index (χ2n) is 6.61. The average Bonchev–Trinajstić information content (AvgIpc) is 2.66. The van der Waals surface area contributed by atoms with Gasteiger partial charge in [0.1, 0.15) is 6.04 Å². The van der Waals surface area contributed by atoms with Crippen molar-refractivity contribution in [2.24, 2.45) is 0 Å². The molecule has 1 aromatic heterocycles. The van der Waals surface area contributed by atoms with E-state index in [2.05, 4.69) is 49.8 Å². The molecule has 1 saturated heterocycles. The molecule has 6 nitrogen and oxygen atoms in total. The molecule has 1 atom stereocenters. The maximum atomic E-state index is 12.4. The zero-order chi connectivity index (χ0) is 18.4. The van der Waals surface area contributed by atoms with Crippen LogP contribution in [0.15, 0.2) is 42.7 Å². The molecule has 138 valence electrons. The van der Waals surface area contributed by atoms with Gasteiger partial charge in [0.15, 0.2) is 11.0 Å². The van der Waals surface area contributed by atoms with E-state index in [1.54, 1.807) is 13.1 Å². The number of carbonyl (C=O) groups excluding carboxylic acids is 1. The summed E-state index contributed by atoms with van der Waals surface area (Å²) in [5.74, 6) is 0.378. The summed E-state index contributed by atoms with van der Waals surface area (Å²) in [7, 11) is 0. The fourth-order valence-electron chi connectivity index (χ4n) is 3.09. The van der Waals surface area contributed by atoms with Crippen molar-refractivity contribution in [1.82, 2.24) is 20.2 Å². The van der Waals surface area contributed by atoms with E-state index < -0.39 is 6.04 Å². The van der Waals surface area contributed by atoms with Gasteiger partial charge in [-0.3, -0.25) is 9.69 Å². The molecule has 1 fully saturated rings. The Hall–Kier alpha value is -2.18. The third kappa shape index (κ3) is 5.16. The molecular weight excluding hydrogens is 350 g/mol. The second kappa shape index (κ2) is 8.96. The Morgan fingerprint density at radius 2 is 1.92 bits per heavy atom. The molecule has 0 aliphatic carbocycles. The number of carbonyl (C=O) groups is 1. The van der Waals surface area contributed by atoms with Crippen molar-refractivity contribution in [3.05, 3.63) is 53.4 Å². The van der Waals surface area contributed by atoms with Crippen LogP contribution in [0.5, 0.6) is 0 Å². The number of hydrogen-bond acceptors (Lipinski definition) is 5. The lowest BCUT2D eigenvalue weighted by atomic mass is 10.0. The first-order chi connectivity index (χ1) is 12.6.